The average Bonchev–Trinajstić information content (AvgIpc) is 2.25. The van der Waals surface area contributed by atoms with Gasteiger partial charge >= 0.3 is 0 Å². The van der Waals surface area contributed by atoms with Crippen LogP contribution in [-0.2, 0) is 0 Å². The summed E-state index contributed by atoms with van der Waals surface area (Å²) in [6.45, 7) is 3.49. The Morgan fingerprint density at radius 3 is 2.71 bits per heavy atom. The second-order valence-electron chi connectivity index (χ2n) is 4.76. The van der Waals surface area contributed by atoms with Crippen molar-refractivity contribution in [1.29, 1.82) is 0 Å². The van der Waals surface area contributed by atoms with Crippen LogP contribution in [0, 0.1) is 0 Å². The van der Waals surface area contributed by atoms with Gasteiger partial charge in [-0.3, -0.25) is 4.79 Å². The summed E-state index contributed by atoms with van der Waals surface area (Å²) in [5.41, 5.74) is -0.419. The molecule has 0 aromatic carbocycles. The lowest BCUT2D eigenvalue weighted by molar-refractivity contribution is 0.0694. The second-order valence-corrected chi connectivity index (χ2v) is 4.76. The van der Waals surface area contributed by atoms with E-state index in [1.807, 2.05) is 14.1 Å². The summed E-state index contributed by atoms with van der Waals surface area (Å²) in [6.07, 6.45) is 1.64. The molecular weight excluding hydrogens is 218 g/mol. The van der Waals surface area contributed by atoms with Gasteiger partial charge in [0, 0.05) is 26.8 Å². The number of anilines is 1. The Bertz CT molecular complexity index is 397. The van der Waals surface area contributed by atoms with E-state index < -0.39 is 5.60 Å². The van der Waals surface area contributed by atoms with Crippen molar-refractivity contribution in [2.75, 3.05) is 25.5 Å². The lowest BCUT2D eigenvalue weighted by Gasteiger charge is -2.19. The normalized spacial score (nSPS) is 11.1. The Morgan fingerprint density at radius 2 is 2.18 bits per heavy atom. The topological polar surface area (TPSA) is 65.5 Å². The first-order valence-electron chi connectivity index (χ1n) is 5.44. The fraction of sp³-hybridized carbons (Fsp3) is 0.500. The van der Waals surface area contributed by atoms with E-state index in [0.717, 1.165) is 0 Å². The van der Waals surface area contributed by atoms with Gasteiger partial charge in [-0.25, -0.2) is 4.98 Å². The van der Waals surface area contributed by atoms with Crippen LogP contribution < -0.4 is 10.2 Å². The van der Waals surface area contributed by atoms with Crippen LogP contribution in [0.25, 0.3) is 0 Å². The number of nitrogens with zero attached hydrogens (tertiary/aromatic N) is 2. The summed E-state index contributed by atoms with van der Waals surface area (Å²) in [5.74, 6) is 0.379. The minimum Gasteiger partial charge on any atom is -0.389 e. The zero-order valence-electron chi connectivity index (χ0n) is 10.7. The Hall–Kier alpha value is -1.62. The largest absolute Gasteiger partial charge is 0.389 e. The smallest absolute Gasteiger partial charge is 0.255 e. The van der Waals surface area contributed by atoms with Gasteiger partial charge in [-0.15, -0.1) is 0 Å². The maximum absolute atomic E-state index is 11.9. The number of nitrogens with one attached hydrogen (secondary N) is 1. The third-order valence-electron chi connectivity index (χ3n) is 2.14. The van der Waals surface area contributed by atoms with Gasteiger partial charge in [0.1, 0.15) is 5.82 Å². The molecule has 0 radical (unpaired) electrons. The summed E-state index contributed by atoms with van der Waals surface area (Å²) < 4.78 is 0. The predicted molar refractivity (Wildman–Crippen MR) is 67.2 cm³/mol. The van der Waals surface area contributed by atoms with Gasteiger partial charge in [-0.05, 0) is 26.0 Å². The van der Waals surface area contributed by atoms with Crippen molar-refractivity contribution in [3.63, 3.8) is 0 Å². The maximum Gasteiger partial charge on any atom is 0.255 e. The molecule has 0 unspecified atom stereocenters. The lowest BCUT2D eigenvalue weighted by atomic mass is 10.1. The highest BCUT2D eigenvalue weighted by molar-refractivity contribution is 5.98. The van der Waals surface area contributed by atoms with Crippen molar-refractivity contribution in [3.05, 3.63) is 23.9 Å². The van der Waals surface area contributed by atoms with Crippen LogP contribution in [0.1, 0.15) is 24.2 Å². The van der Waals surface area contributed by atoms with Crippen LogP contribution >= 0.6 is 0 Å². The van der Waals surface area contributed by atoms with Gasteiger partial charge in [0.25, 0.3) is 5.91 Å². The number of rotatable bonds is 4. The van der Waals surface area contributed by atoms with Crippen LogP contribution in [-0.4, -0.2) is 42.2 Å². The molecule has 0 aliphatic rings. The van der Waals surface area contributed by atoms with Crippen LogP contribution in [0.4, 0.5) is 5.82 Å². The first-order chi connectivity index (χ1) is 7.81. The van der Waals surface area contributed by atoms with Crippen molar-refractivity contribution in [2.24, 2.45) is 0 Å². The standard InChI is InChI=1S/C12H19N3O2/c1-12(2,17)8-14-11(16)9-6-5-7-13-10(9)15(3)4/h5-7,17H,8H2,1-4H3,(H,14,16). The summed E-state index contributed by atoms with van der Waals surface area (Å²) in [4.78, 5) is 17.9. The average molecular weight is 237 g/mol. The molecule has 0 bridgehead atoms. The Kier molecular flexibility index (Phi) is 4.07. The van der Waals surface area contributed by atoms with Gasteiger partial charge in [0.05, 0.1) is 11.2 Å². The quantitative estimate of drug-likeness (QED) is 0.807. The van der Waals surface area contributed by atoms with Crippen molar-refractivity contribution < 1.29 is 9.90 Å². The van der Waals surface area contributed by atoms with Gasteiger partial charge in [0.15, 0.2) is 0 Å². The SMILES string of the molecule is CN(C)c1ncccc1C(=O)NCC(C)(C)O. The fourth-order valence-electron chi connectivity index (χ4n) is 1.32. The number of hydrogen-bond acceptors (Lipinski definition) is 4. The third-order valence-corrected chi connectivity index (χ3v) is 2.14. The van der Waals surface area contributed by atoms with Gasteiger partial charge < -0.3 is 15.3 Å². The molecule has 1 aromatic heterocycles. The van der Waals surface area contributed by atoms with E-state index in [2.05, 4.69) is 10.3 Å². The van der Waals surface area contributed by atoms with Crippen molar-refractivity contribution in [3.8, 4) is 0 Å². The number of amides is 1. The molecule has 1 rings (SSSR count). The van der Waals surface area contributed by atoms with Crippen LogP contribution in [0.5, 0.6) is 0 Å². The number of hydrogen-bond donors (Lipinski definition) is 2. The lowest BCUT2D eigenvalue weighted by Crippen LogP contribution is -2.38. The van der Waals surface area contributed by atoms with E-state index in [4.69, 9.17) is 0 Å². The predicted octanol–water partition coefficient (Wildman–Crippen LogP) is 0.648. The molecule has 0 saturated carbocycles. The van der Waals surface area contributed by atoms with Gasteiger partial charge in [-0.1, -0.05) is 0 Å². The molecule has 5 heteroatoms. The van der Waals surface area contributed by atoms with E-state index in [1.165, 1.54) is 0 Å². The highest BCUT2D eigenvalue weighted by atomic mass is 16.3. The monoisotopic (exact) mass is 237 g/mol. The van der Waals surface area contributed by atoms with E-state index in [1.54, 1.807) is 37.1 Å². The van der Waals surface area contributed by atoms with E-state index in [9.17, 15) is 9.90 Å². The third kappa shape index (κ3) is 4.03. The number of aromatic nitrogens is 1. The van der Waals surface area contributed by atoms with Crippen molar-refractivity contribution in [2.45, 2.75) is 19.4 Å². The molecule has 0 spiro atoms. The maximum atomic E-state index is 11.9. The highest BCUT2D eigenvalue weighted by Gasteiger charge is 2.17. The van der Waals surface area contributed by atoms with E-state index in [-0.39, 0.29) is 12.5 Å². The summed E-state index contributed by atoms with van der Waals surface area (Å²) in [5, 5.41) is 12.2. The van der Waals surface area contributed by atoms with E-state index >= 15 is 0 Å². The molecule has 0 aliphatic heterocycles. The molecule has 1 heterocycles. The molecule has 0 saturated heterocycles. The Morgan fingerprint density at radius 1 is 1.53 bits per heavy atom. The van der Waals surface area contributed by atoms with Crippen LogP contribution in [0.15, 0.2) is 18.3 Å². The first-order valence-corrected chi connectivity index (χ1v) is 5.44. The Balaban J connectivity index is 2.82. The number of carbonyl (C=O) groups is 1. The van der Waals surface area contributed by atoms with Crippen molar-refractivity contribution in [1.82, 2.24) is 10.3 Å². The minimum absolute atomic E-state index is 0.202. The molecule has 1 amide bonds. The van der Waals surface area contributed by atoms with Gasteiger partial charge in [-0.2, -0.15) is 0 Å². The Labute approximate surface area is 101 Å². The molecule has 0 aliphatic carbocycles. The molecule has 2 N–H and O–H groups in total. The van der Waals surface area contributed by atoms with Gasteiger partial charge in [0.2, 0.25) is 0 Å². The molecule has 0 fully saturated rings. The van der Waals surface area contributed by atoms with Crippen LogP contribution in [0.3, 0.4) is 0 Å². The zero-order valence-corrected chi connectivity index (χ0v) is 10.7. The molecule has 1 aromatic rings. The first kappa shape index (κ1) is 13.4. The fourth-order valence-corrected chi connectivity index (χ4v) is 1.32. The molecular formula is C12H19N3O2. The molecule has 0 atom stereocenters. The van der Waals surface area contributed by atoms with Crippen LogP contribution in [0.2, 0.25) is 0 Å². The number of carbonyl (C=O) groups excluding carboxylic acids is 1. The summed E-state index contributed by atoms with van der Waals surface area (Å²) in [7, 11) is 3.66. The highest BCUT2D eigenvalue weighted by Crippen LogP contribution is 2.14. The number of aliphatic hydroxyl groups is 1. The summed E-state index contributed by atoms with van der Waals surface area (Å²) >= 11 is 0. The zero-order chi connectivity index (χ0) is 13.1. The molecule has 17 heavy (non-hydrogen) atoms. The number of pyridine rings is 1. The van der Waals surface area contributed by atoms with E-state index in [0.29, 0.717) is 11.4 Å². The molecule has 94 valence electrons. The minimum atomic E-state index is -0.920. The molecule has 5 nitrogen and oxygen atoms in total. The van der Waals surface area contributed by atoms with Crippen molar-refractivity contribution >= 4 is 11.7 Å². The summed E-state index contributed by atoms with van der Waals surface area (Å²) in [6, 6.07) is 3.42. The second kappa shape index (κ2) is 5.14.